The summed E-state index contributed by atoms with van der Waals surface area (Å²) in [5.41, 5.74) is 6.19. The van der Waals surface area contributed by atoms with Gasteiger partial charge < -0.3 is 4.74 Å². The summed E-state index contributed by atoms with van der Waals surface area (Å²) in [6.45, 7) is 7.52. The third-order valence-electron chi connectivity index (χ3n) is 5.17. The van der Waals surface area contributed by atoms with E-state index >= 15 is 0 Å². The van der Waals surface area contributed by atoms with Gasteiger partial charge in [0.05, 0.1) is 25.4 Å². The molecule has 4 aromatic rings. The number of hydrogen-bond acceptors (Lipinski definition) is 2. The number of fused-ring (bicyclic) bond motifs is 1. The van der Waals surface area contributed by atoms with Crippen LogP contribution in [0, 0.1) is 0 Å². The highest BCUT2D eigenvalue weighted by Gasteiger charge is 2.20. The molecule has 0 N–H and O–H groups in total. The largest absolute Gasteiger partial charge is 0.497 e. The van der Waals surface area contributed by atoms with Crippen LogP contribution in [-0.4, -0.2) is 16.9 Å². The Morgan fingerprint density at radius 2 is 1.61 bits per heavy atom. The first-order valence-corrected chi connectivity index (χ1v) is 9.64. The molecule has 0 saturated heterocycles. The van der Waals surface area contributed by atoms with Crippen LogP contribution in [0.3, 0.4) is 0 Å². The zero-order valence-corrected chi connectivity index (χ0v) is 16.9. The maximum Gasteiger partial charge on any atom is 0.118 e. The average molecular weight is 370 g/mol. The molecular weight excluding hydrogens is 344 g/mol. The summed E-state index contributed by atoms with van der Waals surface area (Å²) in [6.07, 6.45) is 2.01. The Kier molecular flexibility index (Phi) is 4.68. The van der Waals surface area contributed by atoms with Crippen molar-refractivity contribution in [2.75, 3.05) is 7.11 Å². The minimum absolute atomic E-state index is 0.0387. The molecule has 0 unspecified atom stereocenters. The summed E-state index contributed by atoms with van der Waals surface area (Å²) < 4.78 is 7.37. The molecule has 0 aliphatic heterocycles. The van der Waals surface area contributed by atoms with Gasteiger partial charge in [-0.1, -0.05) is 63.2 Å². The number of ether oxygens (including phenoxy) is 1. The Hall–Kier alpha value is -3.07. The van der Waals surface area contributed by atoms with Crippen molar-refractivity contribution >= 4 is 10.9 Å². The molecule has 4 rings (SSSR count). The lowest BCUT2D eigenvalue weighted by atomic mass is 9.83. The maximum absolute atomic E-state index is 5.27. The molecule has 0 atom stereocenters. The molecule has 1 heterocycles. The van der Waals surface area contributed by atoms with Crippen LogP contribution in [0.25, 0.3) is 22.0 Å². The molecule has 0 bridgehead atoms. The van der Waals surface area contributed by atoms with E-state index in [1.165, 1.54) is 33.2 Å². The summed E-state index contributed by atoms with van der Waals surface area (Å²) in [5, 5.41) is 5.95. The zero-order chi connectivity index (χ0) is 19.7. The highest BCUT2D eigenvalue weighted by molar-refractivity contribution is 5.88. The lowest BCUT2D eigenvalue weighted by Gasteiger charge is -2.21. The van der Waals surface area contributed by atoms with E-state index in [1.54, 1.807) is 7.11 Å². The van der Waals surface area contributed by atoms with Crippen molar-refractivity contribution < 1.29 is 4.74 Å². The molecule has 142 valence electrons. The molecule has 3 nitrogen and oxygen atoms in total. The van der Waals surface area contributed by atoms with E-state index in [0.29, 0.717) is 0 Å². The topological polar surface area (TPSA) is 27.1 Å². The molecule has 0 saturated carbocycles. The standard InChI is InChI=1S/C25H26N2O/c1-25(2,3)23-14-20(19-8-6-5-7-9-19)15-24-22(23)16-26-27(24)17-18-10-12-21(28-4)13-11-18/h5-16H,17H2,1-4H3. The van der Waals surface area contributed by atoms with Crippen LogP contribution >= 0.6 is 0 Å². The predicted molar refractivity (Wildman–Crippen MR) is 116 cm³/mol. The van der Waals surface area contributed by atoms with Crippen LogP contribution in [-0.2, 0) is 12.0 Å². The third-order valence-corrected chi connectivity index (χ3v) is 5.17. The number of nitrogens with zero attached hydrogens (tertiary/aromatic N) is 2. The summed E-state index contributed by atoms with van der Waals surface area (Å²) in [7, 11) is 1.69. The molecular formula is C25H26N2O. The fraction of sp³-hybridized carbons (Fsp3) is 0.240. The van der Waals surface area contributed by atoms with E-state index in [1.807, 2.05) is 18.3 Å². The van der Waals surface area contributed by atoms with Crippen LogP contribution in [0.2, 0.25) is 0 Å². The first-order valence-electron chi connectivity index (χ1n) is 9.64. The van der Waals surface area contributed by atoms with Crippen molar-refractivity contribution in [1.82, 2.24) is 9.78 Å². The van der Waals surface area contributed by atoms with Crippen molar-refractivity contribution in [2.45, 2.75) is 32.7 Å². The van der Waals surface area contributed by atoms with E-state index < -0.39 is 0 Å². The molecule has 0 radical (unpaired) electrons. The first-order chi connectivity index (χ1) is 13.5. The minimum atomic E-state index is 0.0387. The van der Waals surface area contributed by atoms with E-state index in [4.69, 9.17) is 9.84 Å². The Morgan fingerprint density at radius 3 is 2.25 bits per heavy atom. The highest BCUT2D eigenvalue weighted by Crippen LogP contribution is 2.35. The van der Waals surface area contributed by atoms with E-state index in [9.17, 15) is 0 Å². The van der Waals surface area contributed by atoms with Crippen molar-refractivity contribution in [3.63, 3.8) is 0 Å². The molecule has 0 amide bonds. The second-order valence-corrected chi connectivity index (χ2v) is 8.22. The first kappa shape index (κ1) is 18.3. The van der Waals surface area contributed by atoms with Gasteiger partial charge in [-0.25, -0.2) is 0 Å². The van der Waals surface area contributed by atoms with Crippen molar-refractivity contribution in [2.24, 2.45) is 0 Å². The molecule has 0 aliphatic carbocycles. The quantitative estimate of drug-likeness (QED) is 0.437. The molecule has 3 heteroatoms. The van der Waals surface area contributed by atoms with Gasteiger partial charge in [0, 0.05) is 5.39 Å². The van der Waals surface area contributed by atoms with Crippen molar-refractivity contribution in [3.8, 4) is 16.9 Å². The fourth-order valence-corrected chi connectivity index (χ4v) is 3.62. The van der Waals surface area contributed by atoms with E-state index in [-0.39, 0.29) is 5.41 Å². The number of hydrogen-bond donors (Lipinski definition) is 0. The fourth-order valence-electron chi connectivity index (χ4n) is 3.62. The summed E-state index contributed by atoms with van der Waals surface area (Å²) in [5.74, 6) is 0.871. The second-order valence-electron chi connectivity index (χ2n) is 8.22. The third kappa shape index (κ3) is 3.53. The Labute approximate surface area is 166 Å². The second kappa shape index (κ2) is 7.16. The van der Waals surface area contributed by atoms with Gasteiger partial charge in [0.2, 0.25) is 0 Å². The van der Waals surface area contributed by atoms with Gasteiger partial charge in [0.15, 0.2) is 0 Å². The maximum atomic E-state index is 5.27. The summed E-state index contributed by atoms with van der Waals surface area (Å²) >= 11 is 0. The normalized spacial score (nSPS) is 11.7. The smallest absolute Gasteiger partial charge is 0.118 e. The Bertz CT molecular complexity index is 1090. The van der Waals surface area contributed by atoms with Gasteiger partial charge in [0.25, 0.3) is 0 Å². The minimum Gasteiger partial charge on any atom is -0.497 e. The van der Waals surface area contributed by atoms with Crippen LogP contribution in [0.5, 0.6) is 5.75 Å². The number of methoxy groups -OCH3 is 1. The molecule has 0 fully saturated rings. The molecule has 0 spiro atoms. The summed E-state index contributed by atoms with van der Waals surface area (Å²) in [6, 6.07) is 23.3. The van der Waals surface area contributed by atoms with Crippen LogP contribution in [0.4, 0.5) is 0 Å². The zero-order valence-electron chi connectivity index (χ0n) is 16.9. The highest BCUT2D eigenvalue weighted by atomic mass is 16.5. The summed E-state index contributed by atoms with van der Waals surface area (Å²) in [4.78, 5) is 0. The predicted octanol–water partition coefficient (Wildman–Crippen LogP) is 6.06. The molecule has 3 aromatic carbocycles. The van der Waals surface area contributed by atoms with E-state index in [0.717, 1.165) is 12.3 Å². The van der Waals surface area contributed by atoms with Gasteiger partial charge >= 0.3 is 0 Å². The van der Waals surface area contributed by atoms with E-state index in [2.05, 4.69) is 80.1 Å². The van der Waals surface area contributed by atoms with Gasteiger partial charge in [-0.15, -0.1) is 0 Å². The van der Waals surface area contributed by atoms with Crippen LogP contribution < -0.4 is 4.74 Å². The number of benzene rings is 3. The Morgan fingerprint density at radius 1 is 0.893 bits per heavy atom. The lowest BCUT2D eigenvalue weighted by molar-refractivity contribution is 0.414. The molecule has 0 aliphatic rings. The van der Waals surface area contributed by atoms with Gasteiger partial charge in [-0.2, -0.15) is 5.10 Å². The van der Waals surface area contributed by atoms with Crippen molar-refractivity contribution in [3.05, 3.63) is 84.1 Å². The lowest BCUT2D eigenvalue weighted by Crippen LogP contribution is -2.12. The molecule has 28 heavy (non-hydrogen) atoms. The monoisotopic (exact) mass is 370 g/mol. The van der Waals surface area contributed by atoms with Gasteiger partial charge in [-0.3, -0.25) is 4.68 Å². The number of rotatable bonds is 4. The molecule has 1 aromatic heterocycles. The van der Waals surface area contributed by atoms with Crippen LogP contribution in [0.15, 0.2) is 72.9 Å². The van der Waals surface area contributed by atoms with Crippen LogP contribution in [0.1, 0.15) is 31.9 Å². The average Bonchev–Trinajstić information content (AvgIpc) is 3.10. The SMILES string of the molecule is COc1ccc(Cn2ncc3c(C(C)(C)C)cc(-c4ccccc4)cc32)cc1. The Balaban J connectivity index is 1.84. The van der Waals surface area contributed by atoms with Crippen molar-refractivity contribution in [1.29, 1.82) is 0 Å². The number of aromatic nitrogens is 2. The van der Waals surface area contributed by atoms with Gasteiger partial charge in [0.1, 0.15) is 5.75 Å². The van der Waals surface area contributed by atoms with Gasteiger partial charge in [-0.05, 0) is 51.9 Å².